The Hall–Kier alpha value is -3.60. The lowest BCUT2D eigenvalue weighted by Crippen LogP contribution is -2.16. The number of carbonyl (C=O) groups is 1. The number of benzene rings is 2. The summed E-state index contributed by atoms with van der Waals surface area (Å²) in [4.78, 5) is 14.4. The van der Waals surface area contributed by atoms with Crippen molar-refractivity contribution in [2.24, 2.45) is 0 Å². The molecule has 2 N–H and O–H groups in total. The molecule has 0 bridgehead atoms. The van der Waals surface area contributed by atoms with E-state index in [2.05, 4.69) is 9.71 Å². The molecular weight excluding hydrogens is 437 g/mol. The van der Waals surface area contributed by atoms with Gasteiger partial charge in [-0.25, -0.2) is 18.2 Å². The summed E-state index contributed by atoms with van der Waals surface area (Å²) in [6.45, 7) is -0.182. The Morgan fingerprint density at radius 1 is 1.06 bits per heavy atom. The minimum Gasteiger partial charge on any atom is -0.478 e. The van der Waals surface area contributed by atoms with Gasteiger partial charge in [-0.2, -0.15) is 13.2 Å². The van der Waals surface area contributed by atoms with E-state index < -0.39 is 33.4 Å². The number of carboxylic acids is 1. The molecule has 3 aromatic rings. The fourth-order valence-electron chi connectivity index (χ4n) is 2.49. The lowest BCUT2D eigenvalue weighted by Gasteiger charge is -2.15. The fourth-order valence-corrected chi connectivity index (χ4v) is 3.56. The maximum atomic E-state index is 13.1. The van der Waals surface area contributed by atoms with Crippen LogP contribution in [0.3, 0.4) is 0 Å². The molecule has 0 saturated carbocycles. The number of sulfonamides is 1. The number of carboxylic acid groups (broad SMARTS) is 1. The molecule has 7 nitrogen and oxygen atoms in total. The molecule has 0 aliphatic rings. The van der Waals surface area contributed by atoms with Crippen LogP contribution in [0.4, 0.5) is 18.9 Å². The van der Waals surface area contributed by atoms with Gasteiger partial charge in [-0.3, -0.25) is 4.72 Å². The number of alkyl halides is 3. The summed E-state index contributed by atoms with van der Waals surface area (Å²) in [5.74, 6) is -1.48. The number of aromatic carboxylic acids is 1. The zero-order chi connectivity index (χ0) is 22.6. The third-order valence-electron chi connectivity index (χ3n) is 4.05. The highest BCUT2D eigenvalue weighted by molar-refractivity contribution is 7.92. The van der Waals surface area contributed by atoms with E-state index in [0.29, 0.717) is 17.8 Å². The van der Waals surface area contributed by atoms with Gasteiger partial charge in [0.2, 0.25) is 5.88 Å². The number of ether oxygens (including phenoxy) is 1. The molecule has 0 amide bonds. The van der Waals surface area contributed by atoms with E-state index in [0.717, 1.165) is 0 Å². The number of anilines is 1. The van der Waals surface area contributed by atoms with Gasteiger partial charge in [0.25, 0.3) is 10.0 Å². The van der Waals surface area contributed by atoms with Crippen LogP contribution in [-0.4, -0.2) is 24.5 Å². The largest absolute Gasteiger partial charge is 0.478 e. The third kappa shape index (κ3) is 5.51. The molecule has 0 aliphatic heterocycles. The van der Waals surface area contributed by atoms with Crippen molar-refractivity contribution >= 4 is 21.7 Å². The van der Waals surface area contributed by atoms with Crippen molar-refractivity contribution in [3.05, 3.63) is 83.6 Å². The molecule has 1 heterocycles. The van der Waals surface area contributed by atoms with Gasteiger partial charge in [0, 0.05) is 6.20 Å². The topological polar surface area (TPSA) is 106 Å². The second-order valence-electron chi connectivity index (χ2n) is 6.28. The summed E-state index contributed by atoms with van der Waals surface area (Å²) in [6.07, 6.45) is -4.21. The van der Waals surface area contributed by atoms with E-state index in [9.17, 15) is 26.4 Å². The molecule has 0 aliphatic carbocycles. The van der Waals surface area contributed by atoms with Gasteiger partial charge < -0.3 is 9.84 Å². The number of aromatic nitrogens is 1. The molecule has 0 fully saturated rings. The van der Waals surface area contributed by atoms with Crippen LogP contribution in [0.1, 0.15) is 21.5 Å². The van der Waals surface area contributed by atoms with E-state index in [1.807, 2.05) is 0 Å². The normalized spacial score (nSPS) is 11.7. The first-order valence-corrected chi connectivity index (χ1v) is 10.1. The van der Waals surface area contributed by atoms with E-state index in [1.54, 1.807) is 6.07 Å². The average Bonchev–Trinajstić information content (AvgIpc) is 2.73. The quantitative estimate of drug-likeness (QED) is 0.557. The highest BCUT2D eigenvalue weighted by Gasteiger charge is 2.32. The van der Waals surface area contributed by atoms with Crippen molar-refractivity contribution in [2.75, 3.05) is 4.72 Å². The van der Waals surface area contributed by atoms with Gasteiger partial charge in [0.1, 0.15) is 12.3 Å². The first-order chi connectivity index (χ1) is 14.6. The van der Waals surface area contributed by atoms with Crippen LogP contribution in [0.5, 0.6) is 5.88 Å². The SMILES string of the molecule is O=C(O)c1ccc(COc2ncc(C(F)(F)F)cc2NS(=O)(=O)c2ccccc2)cc1. The Bertz CT molecular complexity index is 1180. The molecule has 0 saturated heterocycles. The van der Waals surface area contributed by atoms with Crippen molar-refractivity contribution < 1.29 is 36.2 Å². The molecule has 3 rings (SSSR count). The predicted octanol–water partition coefficient (Wildman–Crippen LogP) is 4.18. The molecule has 2 aromatic carbocycles. The van der Waals surface area contributed by atoms with Crippen molar-refractivity contribution in [1.29, 1.82) is 0 Å². The predicted molar refractivity (Wildman–Crippen MR) is 104 cm³/mol. The van der Waals surface area contributed by atoms with Gasteiger partial charge in [0.15, 0.2) is 0 Å². The van der Waals surface area contributed by atoms with Crippen molar-refractivity contribution in [2.45, 2.75) is 17.7 Å². The van der Waals surface area contributed by atoms with E-state index in [-0.39, 0.29) is 22.9 Å². The summed E-state index contributed by atoms with van der Waals surface area (Å²) in [5, 5.41) is 8.92. The van der Waals surface area contributed by atoms with Gasteiger partial charge >= 0.3 is 12.1 Å². The number of pyridine rings is 1. The molecule has 0 unspecified atom stereocenters. The zero-order valence-electron chi connectivity index (χ0n) is 15.6. The van der Waals surface area contributed by atoms with E-state index in [1.165, 1.54) is 48.5 Å². The Morgan fingerprint density at radius 3 is 2.29 bits per heavy atom. The summed E-state index contributed by atoms with van der Waals surface area (Å²) in [7, 11) is -4.20. The smallest absolute Gasteiger partial charge is 0.417 e. The molecular formula is C20H15F3N2O5S. The maximum absolute atomic E-state index is 13.1. The number of hydrogen-bond acceptors (Lipinski definition) is 5. The van der Waals surface area contributed by atoms with Crippen LogP contribution in [0, 0.1) is 0 Å². The first-order valence-electron chi connectivity index (χ1n) is 8.66. The van der Waals surface area contributed by atoms with Crippen LogP contribution in [0.15, 0.2) is 71.8 Å². The average molecular weight is 452 g/mol. The van der Waals surface area contributed by atoms with Gasteiger partial charge in [0.05, 0.1) is 16.0 Å². The summed E-state index contributed by atoms with van der Waals surface area (Å²) in [5.41, 5.74) is -1.09. The molecule has 31 heavy (non-hydrogen) atoms. The number of hydrogen-bond donors (Lipinski definition) is 2. The summed E-state index contributed by atoms with van der Waals surface area (Å²) < 4.78 is 71.9. The Labute approximate surface area is 175 Å². The lowest BCUT2D eigenvalue weighted by molar-refractivity contribution is -0.137. The molecule has 11 heteroatoms. The highest BCUT2D eigenvalue weighted by Crippen LogP contribution is 2.34. The van der Waals surface area contributed by atoms with Crippen LogP contribution in [0.25, 0.3) is 0 Å². The van der Waals surface area contributed by atoms with Gasteiger partial charge in [-0.15, -0.1) is 0 Å². The van der Waals surface area contributed by atoms with Crippen molar-refractivity contribution in [3.63, 3.8) is 0 Å². The molecule has 162 valence electrons. The monoisotopic (exact) mass is 452 g/mol. The minimum absolute atomic E-state index is 0.0488. The Morgan fingerprint density at radius 2 is 1.71 bits per heavy atom. The van der Waals surface area contributed by atoms with Crippen LogP contribution < -0.4 is 9.46 Å². The summed E-state index contributed by atoms with van der Waals surface area (Å²) >= 11 is 0. The molecule has 0 spiro atoms. The van der Waals surface area contributed by atoms with Crippen LogP contribution in [-0.2, 0) is 22.8 Å². The second kappa shape index (κ2) is 8.64. The standard InChI is InChI=1S/C20H15F3N2O5S/c21-20(22,23)15-10-17(25-31(28,29)16-4-2-1-3-5-16)18(24-11-15)30-12-13-6-8-14(9-7-13)19(26)27/h1-11,25H,12H2,(H,26,27). The number of nitrogens with zero attached hydrogens (tertiary/aromatic N) is 1. The van der Waals surface area contributed by atoms with Gasteiger partial charge in [-0.05, 0) is 35.9 Å². The number of halogens is 3. The zero-order valence-corrected chi connectivity index (χ0v) is 16.4. The molecule has 0 atom stereocenters. The fraction of sp³-hybridized carbons (Fsp3) is 0.100. The maximum Gasteiger partial charge on any atom is 0.417 e. The van der Waals surface area contributed by atoms with Crippen LogP contribution in [0.2, 0.25) is 0 Å². The van der Waals surface area contributed by atoms with E-state index >= 15 is 0 Å². The van der Waals surface area contributed by atoms with Crippen molar-refractivity contribution in [3.8, 4) is 5.88 Å². The minimum atomic E-state index is -4.74. The number of nitrogens with one attached hydrogen (secondary N) is 1. The highest BCUT2D eigenvalue weighted by atomic mass is 32.2. The van der Waals surface area contributed by atoms with E-state index in [4.69, 9.17) is 9.84 Å². The first kappa shape index (κ1) is 22.1. The summed E-state index contributed by atoms with van der Waals surface area (Å²) in [6, 6.07) is 13.3. The van der Waals surface area contributed by atoms with Gasteiger partial charge in [-0.1, -0.05) is 30.3 Å². The third-order valence-corrected chi connectivity index (χ3v) is 5.43. The Balaban J connectivity index is 1.89. The number of rotatable bonds is 7. The van der Waals surface area contributed by atoms with Crippen molar-refractivity contribution in [1.82, 2.24) is 4.98 Å². The Kier molecular flexibility index (Phi) is 6.16. The molecule has 0 radical (unpaired) electrons. The second-order valence-corrected chi connectivity index (χ2v) is 7.97. The van der Waals surface area contributed by atoms with Crippen LogP contribution >= 0.6 is 0 Å². The lowest BCUT2D eigenvalue weighted by atomic mass is 10.1. The molecule has 1 aromatic heterocycles.